The van der Waals surface area contributed by atoms with Gasteiger partial charge in [-0.2, -0.15) is 0 Å². The molecule has 0 heterocycles. The van der Waals surface area contributed by atoms with Crippen LogP contribution in [0.5, 0.6) is 5.75 Å². The topological polar surface area (TPSA) is 58.6 Å². The third-order valence-electron chi connectivity index (χ3n) is 4.84. The first kappa shape index (κ1) is 22.8. The Morgan fingerprint density at radius 2 is 1.72 bits per heavy atom. The van der Waals surface area contributed by atoms with Crippen LogP contribution >= 0.6 is 11.6 Å². The summed E-state index contributed by atoms with van der Waals surface area (Å²) in [5.74, 6) is 0.0217. The fraction of sp³-hybridized carbons (Fsp3) is 0.391. The normalized spacial score (nSPS) is 12.7. The van der Waals surface area contributed by atoms with Gasteiger partial charge in [0.15, 0.2) is 6.61 Å². The zero-order chi connectivity index (χ0) is 21.2. The minimum absolute atomic E-state index is 0.0513. The van der Waals surface area contributed by atoms with Crippen molar-refractivity contribution in [2.75, 3.05) is 13.2 Å². The molecule has 6 heteroatoms. The molecular formula is C23H29ClN2O3. The zero-order valence-corrected chi connectivity index (χ0v) is 18.0. The Bertz CT molecular complexity index is 798. The van der Waals surface area contributed by atoms with Crippen LogP contribution in [0.3, 0.4) is 0 Å². The van der Waals surface area contributed by atoms with Gasteiger partial charge in [0.05, 0.1) is 5.02 Å². The number of rotatable bonds is 10. The molecule has 2 aromatic carbocycles. The summed E-state index contributed by atoms with van der Waals surface area (Å²) in [7, 11) is 0. The number of halogens is 1. The molecule has 2 rings (SSSR count). The minimum Gasteiger partial charge on any atom is -0.482 e. The molecule has 156 valence electrons. The molecule has 29 heavy (non-hydrogen) atoms. The first-order valence-electron chi connectivity index (χ1n) is 9.93. The number of para-hydroxylation sites is 1. The van der Waals surface area contributed by atoms with Crippen LogP contribution in [0.25, 0.3) is 0 Å². The number of nitrogens with zero attached hydrogens (tertiary/aromatic N) is 1. The highest BCUT2D eigenvalue weighted by atomic mass is 35.5. The molecule has 0 saturated heterocycles. The van der Waals surface area contributed by atoms with E-state index in [0.29, 0.717) is 23.7 Å². The van der Waals surface area contributed by atoms with Gasteiger partial charge < -0.3 is 15.0 Å². The van der Waals surface area contributed by atoms with Gasteiger partial charge >= 0.3 is 0 Å². The Kier molecular flexibility index (Phi) is 9.00. The Labute approximate surface area is 178 Å². The maximum Gasteiger partial charge on any atom is 0.261 e. The second kappa shape index (κ2) is 11.5. The fourth-order valence-corrected chi connectivity index (χ4v) is 3.01. The molecule has 1 N–H and O–H groups in total. The molecule has 5 nitrogen and oxygen atoms in total. The van der Waals surface area contributed by atoms with Crippen LogP contribution in [0.15, 0.2) is 54.6 Å². The molecule has 2 atom stereocenters. The second-order valence-corrected chi connectivity index (χ2v) is 7.44. The number of hydrogen-bond donors (Lipinski definition) is 1. The van der Waals surface area contributed by atoms with Gasteiger partial charge in [-0.15, -0.1) is 0 Å². The number of hydrogen-bond acceptors (Lipinski definition) is 3. The Balaban J connectivity index is 2.08. The maximum atomic E-state index is 12.9. The SMILES string of the molecule is CC[C@@H](C)NC(=O)[C@H](C)N(CCc1ccccc1)C(=O)COc1ccccc1Cl. The molecule has 2 amide bonds. The van der Waals surface area contributed by atoms with Crippen molar-refractivity contribution in [3.63, 3.8) is 0 Å². The zero-order valence-electron chi connectivity index (χ0n) is 17.2. The van der Waals surface area contributed by atoms with Crippen molar-refractivity contribution in [2.45, 2.75) is 45.7 Å². The quantitative estimate of drug-likeness (QED) is 0.634. The summed E-state index contributed by atoms with van der Waals surface area (Å²) < 4.78 is 5.61. The number of ether oxygens (including phenoxy) is 1. The average molecular weight is 417 g/mol. The van der Waals surface area contributed by atoms with Gasteiger partial charge in [0.25, 0.3) is 5.91 Å². The first-order chi connectivity index (χ1) is 13.9. The first-order valence-corrected chi connectivity index (χ1v) is 10.3. The summed E-state index contributed by atoms with van der Waals surface area (Å²) in [6.45, 7) is 5.94. The summed E-state index contributed by atoms with van der Waals surface area (Å²) in [4.78, 5) is 27.1. The van der Waals surface area contributed by atoms with Gasteiger partial charge in [0.2, 0.25) is 5.91 Å². The molecule has 0 bridgehead atoms. The standard InChI is InChI=1S/C23H29ClN2O3/c1-4-17(2)25-23(28)18(3)26(15-14-19-10-6-5-7-11-19)22(27)16-29-21-13-9-8-12-20(21)24/h5-13,17-18H,4,14-16H2,1-3H3,(H,25,28)/t17-,18+/m1/s1. The van der Waals surface area contributed by atoms with E-state index in [0.717, 1.165) is 12.0 Å². The smallest absolute Gasteiger partial charge is 0.261 e. The largest absolute Gasteiger partial charge is 0.482 e. The molecular weight excluding hydrogens is 388 g/mol. The summed E-state index contributed by atoms with van der Waals surface area (Å²) in [6.07, 6.45) is 1.48. The van der Waals surface area contributed by atoms with Gasteiger partial charge in [-0.05, 0) is 44.4 Å². The number of nitrogens with one attached hydrogen (secondary N) is 1. The van der Waals surface area contributed by atoms with Crippen molar-refractivity contribution in [2.24, 2.45) is 0 Å². The van der Waals surface area contributed by atoms with E-state index in [1.54, 1.807) is 36.1 Å². The molecule has 0 aliphatic rings. The lowest BCUT2D eigenvalue weighted by molar-refractivity contribution is -0.141. The van der Waals surface area contributed by atoms with Gasteiger partial charge in [0.1, 0.15) is 11.8 Å². The summed E-state index contributed by atoms with van der Waals surface area (Å²) in [5.41, 5.74) is 1.10. The lowest BCUT2D eigenvalue weighted by Crippen LogP contribution is -2.51. The molecule has 0 unspecified atom stereocenters. The van der Waals surface area contributed by atoms with E-state index in [4.69, 9.17) is 16.3 Å². The monoisotopic (exact) mass is 416 g/mol. The summed E-state index contributed by atoms with van der Waals surface area (Å²) in [6, 6.07) is 16.3. The van der Waals surface area contributed by atoms with Gasteiger partial charge in [0, 0.05) is 12.6 Å². The van der Waals surface area contributed by atoms with Gasteiger partial charge in [-0.25, -0.2) is 0 Å². The molecule has 0 radical (unpaired) electrons. The lowest BCUT2D eigenvalue weighted by Gasteiger charge is -2.29. The van der Waals surface area contributed by atoms with Crippen molar-refractivity contribution in [3.8, 4) is 5.75 Å². The third-order valence-corrected chi connectivity index (χ3v) is 5.15. The predicted octanol–water partition coefficient (Wildman–Crippen LogP) is 4.09. The highest BCUT2D eigenvalue weighted by Crippen LogP contribution is 2.23. The highest BCUT2D eigenvalue weighted by Gasteiger charge is 2.26. The Morgan fingerprint density at radius 3 is 2.38 bits per heavy atom. The van der Waals surface area contributed by atoms with E-state index in [-0.39, 0.29) is 24.5 Å². The van der Waals surface area contributed by atoms with Crippen molar-refractivity contribution >= 4 is 23.4 Å². The summed E-state index contributed by atoms with van der Waals surface area (Å²) in [5, 5.41) is 3.39. The lowest BCUT2D eigenvalue weighted by atomic mass is 10.1. The number of benzene rings is 2. The van der Waals surface area contributed by atoms with E-state index in [1.807, 2.05) is 44.2 Å². The van der Waals surface area contributed by atoms with E-state index in [9.17, 15) is 9.59 Å². The number of carbonyl (C=O) groups excluding carboxylic acids is 2. The highest BCUT2D eigenvalue weighted by molar-refractivity contribution is 6.32. The van der Waals surface area contributed by atoms with E-state index < -0.39 is 6.04 Å². The van der Waals surface area contributed by atoms with Crippen LogP contribution in [-0.2, 0) is 16.0 Å². The molecule has 0 fully saturated rings. The molecule has 0 spiro atoms. The van der Waals surface area contributed by atoms with Crippen LogP contribution in [0.4, 0.5) is 0 Å². The molecule has 0 aliphatic heterocycles. The Morgan fingerprint density at radius 1 is 1.07 bits per heavy atom. The molecule has 0 saturated carbocycles. The van der Waals surface area contributed by atoms with Gasteiger partial charge in [-0.1, -0.05) is 61.0 Å². The molecule has 2 aromatic rings. The van der Waals surface area contributed by atoms with E-state index in [1.165, 1.54) is 0 Å². The predicted molar refractivity (Wildman–Crippen MR) is 116 cm³/mol. The number of amides is 2. The minimum atomic E-state index is -0.602. The fourth-order valence-electron chi connectivity index (χ4n) is 2.82. The van der Waals surface area contributed by atoms with Crippen molar-refractivity contribution in [1.29, 1.82) is 0 Å². The van der Waals surface area contributed by atoms with Crippen molar-refractivity contribution < 1.29 is 14.3 Å². The van der Waals surface area contributed by atoms with E-state index in [2.05, 4.69) is 5.32 Å². The third kappa shape index (κ3) is 7.09. The van der Waals surface area contributed by atoms with Crippen molar-refractivity contribution in [1.82, 2.24) is 10.2 Å². The van der Waals surface area contributed by atoms with Crippen molar-refractivity contribution in [3.05, 3.63) is 65.2 Å². The van der Waals surface area contributed by atoms with Crippen LogP contribution in [0.1, 0.15) is 32.8 Å². The van der Waals surface area contributed by atoms with Crippen LogP contribution in [0, 0.1) is 0 Å². The maximum absolute atomic E-state index is 12.9. The number of carbonyl (C=O) groups is 2. The van der Waals surface area contributed by atoms with Crippen LogP contribution < -0.4 is 10.1 Å². The average Bonchev–Trinajstić information content (AvgIpc) is 2.73. The second-order valence-electron chi connectivity index (χ2n) is 7.04. The summed E-state index contributed by atoms with van der Waals surface area (Å²) >= 11 is 6.10. The van der Waals surface area contributed by atoms with E-state index >= 15 is 0 Å². The van der Waals surface area contributed by atoms with Gasteiger partial charge in [-0.3, -0.25) is 9.59 Å². The Hall–Kier alpha value is -2.53. The molecule has 0 aromatic heterocycles. The van der Waals surface area contributed by atoms with Crippen LogP contribution in [0.2, 0.25) is 5.02 Å². The molecule has 0 aliphatic carbocycles. The van der Waals surface area contributed by atoms with Crippen LogP contribution in [-0.4, -0.2) is 41.9 Å².